The van der Waals surface area contributed by atoms with Gasteiger partial charge < -0.3 is 6.74 Å². The molecule has 1 aromatic rings. The Morgan fingerprint density at radius 2 is 1.48 bits per heavy atom. The van der Waals surface area contributed by atoms with E-state index in [1.807, 2.05) is 18.2 Å². The number of unbranched alkanes of at least 4 members (excludes halogenated alkanes) is 10. The Labute approximate surface area is 178 Å². The fourth-order valence-electron chi connectivity index (χ4n) is 3.02. The average molecular weight is 354 g/mol. The first-order chi connectivity index (χ1) is 11.8. The molecule has 1 rings (SSSR count). The minimum atomic E-state index is -0.138. The molecule has 136 valence electrons. The summed E-state index contributed by atoms with van der Waals surface area (Å²) in [6.07, 6.45) is 17.3. The summed E-state index contributed by atoms with van der Waals surface area (Å²) in [4.78, 5) is 11.5. The number of hydrogen-bond donors (Lipinski definition) is 1. The molecule has 25 heavy (non-hydrogen) atoms. The molecule has 0 heterocycles. The van der Waals surface area contributed by atoms with Crippen molar-refractivity contribution in [1.29, 1.82) is 0 Å². The molecule has 0 spiro atoms. The number of hydrogen-bond acceptors (Lipinski definition) is 1. The zero-order valence-corrected chi connectivity index (χ0v) is 18.5. The second-order valence-corrected chi connectivity index (χ2v) is 6.64. The molecule has 0 bridgehead atoms. The van der Waals surface area contributed by atoms with E-state index in [0.29, 0.717) is 0 Å². The van der Waals surface area contributed by atoms with Crippen LogP contribution in [0.5, 0.6) is 0 Å². The van der Waals surface area contributed by atoms with Crippen LogP contribution in [0.4, 0.5) is 5.69 Å². The third-order valence-corrected chi connectivity index (χ3v) is 4.51. The van der Waals surface area contributed by atoms with Gasteiger partial charge in [-0.2, -0.15) is 0 Å². The Bertz CT molecular complexity index is 479. The maximum Gasteiger partial charge on any atom is 1.00 e. The number of nitrogens with one attached hydrogen (secondary N) is 1. The van der Waals surface area contributed by atoms with E-state index in [1.165, 1.54) is 82.3 Å². The zero-order chi connectivity index (χ0) is 17.5. The first-order valence-corrected chi connectivity index (χ1v) is 9.79. The van der Waals surface area contributed by atoms with Crippen molar-refractivity contribution < 1.29 is 35.8 Å². The van der Waals surface area contributed by atoms with Crippen molar-refractivity contribution in [2.45, 2.75) is 84.0 Å². The van der Waals surface area contributed by atoms with E-state index in [4.69, 9.17) is 0 Å². The van der Waals surface area contributed by atoms with Gasteiger partial charge in [0.25, 0.3) is 0 Å². The van der Waals surface area contributed by atoms with Crippen LogP contribution in [-0.2, 0) is 11.2 Å². The number of carbonyl (C=O) groups excluding carboxylic acids is 1. The van der Waals surface area contributed by atoms with Gasteiger partial charge in [-0.3, -0.25) is 4.79 Å². The maximum absolute atomic E-state index is 11.5. The average Bonchev–Trinajstić information content (AvgIpc) is 2.60. The SMILES string of the molecule is C=CC(=O)Nc1ccccc1CCCCCCCCCCCCC.[H-].[Na+]. The summed E-state index contributed by atoms with van der Waals surface area (Å²) in [5.41, 5.74) is 2.15. The molecule has 0 atom stereocenters. The number of amides is 1. The Balaban J connectivity index is 0. The van der Waals surface area contributed by atoms with E-state index in [0.717, 1.165) is 12.1 Å². The van der Waals surface area contributed by atoms with Gasteiger partial charge in [0.15, 0.2) is 0 Å². The molecule has 0 radical (unpaired) electrons. The summed E-state index contributed by atoms with van der Waals surface area (Å²) in [5, 5.41) is 2.89. The summed E-state index contributed by atoms with van der Waals surface area (Å²) in [7, 11) is 0. The molecule has 0 aliphatic rings. The van der Waals surface area contributed by atoms with Crippen molar-refractivity contribution in [2.24, 2.45) is 0 Å². The zero-order valence-electron chi connectivity index (χ0n) is 17.5. The van der Waals surface area contributed by atoms with Crippen LogP contribution in [0.2, 0.25) is 0 Å². The third-order valence-electron chi connectivity index (χ3n) is 4.51. The van der Waals surface area contributed by atoms with E-state index >= 15 is 0 Å². The number of anilines is 1. The number of aryl methyl sites for hydroxylation is 1. The van der Waals surface area contributed by atoms with Gasteiger partial charge in [0.05, 0.1) is 0 Å². The van der Waals surface area contributed by atoms with Crippen molar-refractivity contribution in [3.63, 3.8) is 0 Å². The van der Waals surface area contributed by atoms with Gasteiger partial charge in [0.2, 0.25) is 5.91 Å². The normalized spacial score (nSPS) is 10.1. The Morgan fingerprint density at radius 3 is 2.04 bits per heavy atom. The number of para-hydroxylation sites is 1. The van der Waals surface area contributed by atoms with Crippen molar-refractivity contribution in [1.82, 2.24) is 0 Å². The van der Waals surface area contributed by atoms with Gasteiger partial charge in [0.1, 0.15) is 0 Å². The van der Waals surface area contributed by atoms with Crippen LogP contribution in [0, 0.1) is 0 Å². The molecule has 2 nitrogen and oxygen atoms in total. The fourth-order valence-corrected chi connectivity index (χ4v) is 3.02. The number of benzene rings is 1. The van der Waals surface area contributed by atoms with Crippen molar-refractivity contribution in [2.75, 3.05) is 5.32 Å². The smallest absolute Gasteiger partial charge is 1.00 e. The van der Waals surface area contributed by atoms with Crippen LogP contribution in [0.3, 0.4) is 0 Å². The minimum absolute atomic E-state index is 0. The molecule has 1 N–H and O–H groups in total. The standard InChI is InChI=1S/C22H35NO.Na.H/c1-3-5-6-7-8-9-10-11-12-13-14-17-20-18-15-16-19-21(20)23-22(24)4-2;;/h4,15-16,18-19H,2-3,5-14,17H2,1H3,(H,23,24);;/q;+1;-1. The van der Waals surface area contributed by atoms with Crippen LogP contribution in [-0.4, -0.2) is 5.91 Å². The molecule has 0 fully saturated rings. The first-order valence-electron chi connectivity index (χ1n) is 9.79. The van der Waals surface area contributed by atoms with Gasteiger partial charge in [0, 0.05) is 5.69 Å². The Morgan fingerprint density at radius 1 is 0.960 bits per heavy atom. The Hall–Kier alpha value is -0.570. The predicted octanol–water partition coefficient (Wildman–Crippen LogP) is 3.78. The monoisotopic (exact) mass is 353 g/mol. The van der Waals surface area contributed by atoms with Gasteiger partial charge in [-0.05, 0) is 30.5 Å². The molecule has 3 heteroatoms. The number of carbonyl (C=O) groups is 1. The van der Waals surface area contributed by atoms with Crippen LogP contribution in [0.25, 0.3) is 0 Å². The first kappa shape index (κ1) is 24.4. The minimum Gasteiger partial charge on any atom is -1.00 e. The van der Waals surface area contributed by atoms with Crippen LogP contribution < -0.4 is 34.9 Å². The molecule has 0 saturated carbocycles. The van der Waals surface area contributed by atoms with Gasteiger partial charge >= 0.3 is 29.6 Å². The van der Waals surface area contributed by atoms with Crippen LogP contribution >= 0.6 is 0 Å². The molecule has 0 unspecified atom stereocenters. The van der Waals surface area contributed by atoms with E-state index in [1.54, 1.807) is 0 Å². The van der Waals surface area contributed by atoms with E-state index in [-0.39, 0.29) is 36.9 Å². The fraction of sp³-hybridized carbons (Fsp3) is 0.591. The van der Waals surface area contributed by atoms with Gasteiger partial charge in [-0.1, -0.05) is 95.9 Å². The van der Waals surface area contributed by atoms with Crippen molar-refractivity contribution >= 4 is 11.6 Å². The molecule has 1 amide bonds. The molecule has 0 aromatic heterocycles. The summed E-state index contributed by atoms with van der Waals surface area (Å²) < 4.78 is 0. The van der Waals surface area contributed by atoms with Crippen molar-refractivity contribution in [3.05, 3.63) is 42.5 Å². The summed E-state index contributed by atoms with van der Waals surface area (Å²) >= 11 is 0. The van der Waals surface area contributed by atoms with Crippen LogP contribution in [0.15, 0.2) is 36.9 Å². The summed E-state index contributed by atoms with van der Waals surface area (Å²) in [6, 6.07) is 8.07. The maximum atomic E-state index is 11.5. The van der Waals surface area contributed by atoms with Crippen LogP contribution in [0.1, 0.15) is 84.5 Å². The molecule has 0 saturated heterocycles. The molecular formula is C22H36NNaO. The second-order valence-electron chi connectivity index (χ2n) is 6.64. The summed E-state index contributed by atoms with van der Waals surface area (Å²) in [5.74, 6) is -0.138. The van der Waals surface area contributed by atoms with E-state index in [9.17, 15) is 4.79 Å². The predicted molar refractivity (Wildman–Crippen MR) is 107 cm³/mol. The molecule has 0 aliphatic carbocycles. The van der Waals surface area contributed by atoms with Gasteiger partial charge in [-0.15, -0.1) is 0 Å². The van der Waals surface area contributed by atoms with Gasteiger partial charge in [-0.25, -0.2) is 0 Å². The quantitative estimate of drug-likeness (QED) is 0.308. The second kappa shape index (κ2) is 16.9. The van der Waals surface area contributed by atoms with Crippen molar-refractivity contribution in [3.8, 4) is 0 Å². The Kier molecular flexibility index (Phi) is 16.5. The summed E-state index contributed by atoms with van der Waals surface area (Å²) in [6.45, 7) is 5.78. The third kappa shape index (κ3) is 12.4. The largest absolute Gasteiger partial charge is 1.00 e. The topological polar surface area (TPSA) is 29.1 Å². The van der Waals surface area contributed by atoms with E-state index in [2.05, 4.69) is 24.9 Å². The molecule has 1 aromatic carbocycles. The van der Waals surface area contributed by atoms with E-state index < -0.39 is 0 Å². The molecular weight excluding hydrogens is 317 g/mol. The number of rotatable bonds is 14. The molecule has 0 aliphatic heterocycles.